The summed E-state index contributed by atoms with van der Waals surface area (Å²) in [5, 5.41) is -0.235. The molecule has 1 aromatic heterocycles. The number of sulfonamides is 1. The molecular formula is C19H23ClFN3O3S. The molecule has 2 heterocycles. The highest BCUT2D eigenvalue weighted by atomic mass is 35.5. The smallest absolute Gasteiger partial charge is 0.255 e. The summed E-state index contributed by atoms with van der Waals surface area (Å²) in [6.07, 6.45) is 0. The molecule has 0 spiro atoms. The van der Waals surface area contributed by atoms with Crippen molar-refractivity contribution in [3.8, 4) is 0 Å². The number of nitrogens with zero attached hydrogens (tertiary/aromatic N) is 3. The highest BCUT2D eigenvalue weighted by molar-refractivity contribution is 7.89. The predicted molar refractivity (Wildman–Crippen MR) is 106 cm³/mol. The van der Waals surface area contributed by atoms with E-state index in [-0.39, 0.29) is 28.9 Å². The summed E-state index contributed by atoms with van der Waals surface area (Å²) < 4.78 is 42.3. The quantitative estimate of drug-likeness (QED) is 0.753. The van der Waals surface area contributed by atoms with Gasteiger partial charge in [0.1, 0.15) is 5.82 Å². The van der Waals surface area contributed by atoms with Crippen LogP contribution in [0.4, 0.5) is 4.39 Å². The number of piperazine rings is 1. The number of aromatic nitrogens is 1. The first kappa shape index (κ1) is 20.8. The molecule has 1 aliphatic rings. The topological polar surface area (TPSA) is 62.6 Å². The molecular weight excluding hydrogens is 405 g/mol. The fourth-order valence-electron chi connectivity index (χ4n) is 3.59. The van der Waals surface area contributed by atoms with Gasteiger partial charge in [-0.1, -0.05) is 11.6 Å². The van der Waals surface area contributed by atoms with Crippen molar-refractivity contribution in [3.05, 3.63) is 52.1 Å². The predicted octanol–water partition coefficient (Wildman–Crippen LogP) is 3.06. The summed E-state index contributed by atoms with van der Waals surface area (Å²) in [6, 6.07) is 5.24. The Bertz CT molecular complexity index is 1010. The van der Waals surface area contributed by atoms with Gasteiger partial charge in [0.25, 0.3) is 5.91 Å². The Balaban J connectivity index is 1.73. The molecule has 6 nitrogen and oxygen atoms in total. The SMILES string of the molecule is CCn1c(C)cc(C(=O)N2CCN(S(=O)(=O)c3ccc(F)c(Cl)c3)CC2)c1C. The number of hydrogen-bond donors (Lipinski definition) is 0. The van der Waals surface area contributed by atoms with Crippen LogP contribution in [0.2, 0.25) is 5.02 Å². The van der Waals surface area contributed by atoms with E-state index in [2.05, 4.69) is 4.57 Å². The van der Waals surface area contributed by atoms with Crippen molar-refractivity contribution in [2.75, 3.05) is 26.2 Å². The van der Waals surface area contributed by atoms with E-state index in [1.807, 2.05) is 26.8 Å². The Hall–Kier alpha value is -1.90. The molecule has 28 heavy (non-hydrogen) atoms. The lowest BCUT2D eigenvalue weighted by Crippen LogP contribution is -2.50. The number of carbonyl (C=O) groups excluding carboxylic acids is 1. The monoisotopic (exact) mass is 427 g/mol. The van der Waals surface area contributed by atoms with Crippen molar-refractivity contribution in [3.63, 3.8) is 0 Å². The zero-order valence-electron chi connectivity index (χ0n) is 16.1. The third-order valence-corrected chi connectivity index (χ3v) is 7.36. The van der Waals surface area contributed by atoms with Gasteiger partial charge in [0.2, 0.25) is 10.0 Å². The number of halogens is 2. The van der Waals surface area contributed by atoms with E-state index in [0.717, 1.165) is 30.1 Å². The van der Waals surface area contributed by atoms with E-state index in [1.54, 1.807) is 4.90 Å². The molecule has 0 unspecified atom stereocenters. The van der Waals surface area contributed by atoms with Crippen LogP contribution in [0.25, 0.3) is 0 Å². The van der Waals surface area contributed by atoms with Crippen molar-refractivity contribution in [2.45, 2.75) is 32.2 Å². The minimum atomic E-state index is -3.79. The number of hydrogen-bond acceptors (Lipinski definition) is 3. The average Bonchev–Trinajstić information content (AvgIpc) is 2.96. The van der Waals surface area contributed by atoms with Crippen LogP contribution in [-0.4, -0.2) is 54.3 Å². The van der Waals surface area contributed by atoms with Crippen LogP contribution < -0.4 is 0 Å². The summed E-state index contributed by atoms with van der Waals surface area (Å²) in [5.41, 5.74) is 2.60. The van der Waals surface area contributed by atoms with Crippen LogP contribution in [-0.2, 0) is 16.6 Å². The lowest BCUT2D eigenvalue weighted by Gasteiger charge is -2.34. The summed E-state index contributed by atoms with van der Waals surface area (Å²) in [4.78, 5) is 14.5. The third kappa shape index (κ3) is 3.68. The summed E-state index contributed by atoms with van der Waals surface area (Å²) in [7, 11) is -3.79. The van der Waals surface area contributed by atoms with Crippen LogP contribution >= 0.6 is 11.6 Å². The average molecular weight is 428 g/mol. The van der Waals surface area contributed by atoms with E-state index in [0.29, 0.717) is 18.7 Å². The van der Waals surface area contributed by atoms with Crippen LogP contribution in [0.3, 0.4) is 0 Å². The van der Waals surface area contributed by atoms with E-state index < -0.39 is 15.8 Å². The highest BCUT2D eigenvalue weighted by Crippen LogP contribution is 2.24. The Kier molecular flexibility index (Phi) is 5.84. The molecule has 0 aliphatic carbocycles. The van der Waals surface area contributed by atoms with Gasteiger partial charge in [-0.05, 0) is 45.0 Å². The first-order valence-electron chi connectivity index (χ1n) is 9.08. The second-order valence-electron chi connectivity index (χ2n) is 6.80. The molecule has 0 N–H and O–H groups in total. The van der Waals surface area contributed by atoms with Gasteiger partial charge in [-0.15, -0.1) is 0 Å². The fourth-order valence-corrected chi connectivity index (χ4v) is 5.29. The lowest BCUT2D eigenvalue weighted by molar-refractivity contribution is 0.0697. The number of aryl methyl sites for hydroxylation is 1. The highest BCUT2D eigenvalue weighted by Gasteiger charge is 2.31. The van der Waals surface area contributed by atoms with Gasteiger partial charge < -0.3 is 9.47 Å². The van der Waals surface area contributed by atoms with Crippen molar-refractivity contribution in [2.24, 2.45) is 0 Å². The van der Waals surface area contributed by atoms with Crippen molar-refractivity contribution in [1.82, 2.24) is 13.8 Å². The van der Waals surface area contributed by atoms with Crippen LogP contribution in [0.1, 0.15) is 28.7 Å². The van der Waals surface area contributed by atoms with E-state index in [1.165, 1.54) is 10.4 Å². The third-order valence-electron chi connectivity index (χ3n) is 5.17. The van der Waals surface area contributed by atoms with E-state index in [4.69, 9.17) is 11.6 Å². The number of amides is 1. The number of carbonyl (C=O) groups is 1. The maximum absolute atomic E-state index is 13.3. The molecule has 1 fully saturated rings. The first-order chi connectivity index (χ1) is 13.2. The summed E-state index contributed by atoms with van der Waals surface area (Å²) in [5.74, 6) is -0.754. The van der Waals surface area contributed by atoms with Gasteiger partial charge >= 0.3 is 0 Å². The maximum Gasteiger partial charge on any atom is 0.255 e. The minimum absolute atomic E-state index is 0.0508. The Morgan fingerprint density at radius 2 is 1.79 bits per heavy atom. The van der Waals surface area contributed by atoms with Gasteiger partial charge in [0.15, 0.2) is 0 Å². The Morgan fingerprint density at radius 3 is 2.32 bits per heavy atom. The van der Waals surface area contributed by atoms with E-state index >= 15 is 0 Å². The van der Waals surface area contributed by atoms with E-state index in [9.17, 15) is 17.6 Å². The Labute approximate surface area is 169 Å². The summed E-state index contributed by atoms with van der Waals surface area (Å²) >= 11 is 5.72. The van der Waals surface area contributed by atoms with Crippen LogP contribution in [0, 0.1) is 19.7 Å². The van der Waals surface area contributed by atoms with Crippen molar-refractivity contribution < 1.29 is 17.6 Å². The largest absolute Gasteiger partial charge is 0.349 e. The summed E-state index contributed by atoms with van der Waals surface area (Å²) in [6.45, 7) is 7.64. The normalized spacial score (nSPS) is 15.8. The maximum atomic E-state index is 13.3. The van der Waals surface area contributed by atoms with Crippen molar-refractivity contribution in [1.29, 1.82) is 0 Å². The molecule has 0 atom stereocenters. The lowest BCUT2D eigenvalue weighted by atomic mass is 10.2. The molecule has 3 rings (SSSR count). The number of rotatable bonds is 4. The molecule has 1 amide bonds. The second-order valence-corrected chi connectivity index (χ2v) is 9.15. The fraction of sp³-hybridized carbons (Fsp3) is 0.421. The minimum Gasteiger partial charge on any atom is -0.349 e. The van der Waals surface area contributed by atoms with Gasteiger partial charge in [-0.25, -0.2) is 12.8 Å². The van der Waals surface area contributed by atoms with Crippen LogP contribution in [0.5, 0.6) is 0 Å². The zero-order chi connectivity index (χ0) is 20.6. The molecule has 1 aromatic carbocycles. The molecule has 0 bridgehead atoms. The second kappa shape index (κ2) is 7.85. The Morgan fingerprint density at radius 1 is 1.14 bits per heavy atom. The van der Waals surface area contributed by atoms with Crippen LogP contribution in [0.15, 0.2) is 29.2 Å². The van der Waals surface area contributed by atoms with Gasteiger partial charge in [-0.2, -0.15) is 4.31 Å². The van der Waals surface area contributed by atoms with Crippen molar-refractivity contribution >= 4 is 27.5 Å². The molecule has 0 radical (unpaired) electrons. The molecule has 1 saturated heterocycles. The molecule has 0 saturated carbocycles. The first-order valence-corrected chi connectivity index (χ1v) is 10.9. The standard InChI is InChI=1S/C19H23ClFN3O3S/c1-4-24-13(2)11-16(14(24)3)19(25)22-7-9-23(10-8-22)28(26,27)15-5-6-18(21)17(20)12-15/h5-6,11-12H,4,7-10H2,1-3H3. The number of benzene rings is 1. The van der Waals surface area contributed by atoms with Gasteiger partial charge in [-0.3, -0.25) is 4.79 Å². The molecule has 152 valence electrons. The molecule has 1 aliphatic heterocycles. The zero-order valence-corrected chi connectivity index (χ0v) is 17.6. The van der Waals surface area contributed by atoms with Gasteiger partial charge in [0, 0.05) is 44.1 Å². The molecule has 2 aromatic rings. The van der Waals surface area contributed by atoms with Gasteiger partial charge in [0.05, 0.1) is 15.5 Å². The molecule has 9 heteroatoms.